The zero-order valence-corrected chi connectivity index (χ0v) is 14.4. The van der Waals surface area contributed by atoms with E-state index in [9.17, 15) is 9.59 Å². The van der Waals surface area contributed by atoms with Crippen molar-refractivity contribution in [2.45, 2.75) is 39.3 Å². The Morgan fingerprint density at radius 3 is 2.48 bits per heavy atom. The second-order valence-corrected chi connectivity index (χ2v) is 6.69. The Labute approximate surface area is 137 Å². The van der Waals surface area contributed by atoms with Crippen LogP contribution in [0.4, 0.5) is 5.69 Å². The minimum Gasteiger partial charge on any atom is -0.347 e. The molecule has 2 amide bonds. The van der Waals surface area contributed by atoms with Gasteiger partial charge in [-0.15, -0.1) is 0 Å². The molecule has 0 aliphatic heterocycles. The van der Waals surface area contributed by atoms with E-state index in [1.165, 1.54) is 0 Å². The molecular formula is C17H25N4O2+. The molecule has 0 heterocycles. The first-order valence-electron chi connectivity index (χ1n) is 7.57. The van der Waals surface area contributed by atoms with E-state index in [-0.39, 0.29) is 23.9 Å². The zero-order valence-electron chi connectivity index (χ0n) is 14.4. The third kappa shape index (κ3) is 6.09. The predicted octanol–water partition coefficient (Wildman–Crippen LogP) is 0.315. The summed E-state index contributed by atoms with van der Waals surface area (Å²) >= 11 is 0. The summed E-state index contributed by atoms with van der Waals surface area (Å²) in [4.78, 5) is 25.0. The molecule has 3 N–H and O–H groups in total. The molecule has 0 aromatic heterocycles. The van der Waals surface area contributed by atoms with Crippen LogP contribution in [-0.4, -0.2) is 37.0 Å². The van der Waals surface area contributed by atoms with Gasteiger partial charge in [0.15, 0.2) is 12.6 Å². The number of hydrogen-bond acceptors (Lipinski definition) is 3. The quantitative estimate of drug-likeness (QED) is 0.731. The van der Waals surface area contributed by atoms with E-state index < -0.39 is 6.04 Å². The van der Waals surface area contributed by atoms with E-state index in [2.05, 4.69) is 10.6 Å². The highest BCUT2D eigenvalue weighted by Crippen LogP contribution is 2.13. The SMILES string of the molecule is C[C@@H](C(=O)Nc1ccccc1C#N)[NH+](C)CC(=O)NC(C)(C)C. The van der Waals surface area contributed by atoms with Crippen LogP contribution in [0.15, 0.2) is 24.3 Å². The summed E-state index contributed by atoms with van der Waals surface area (Å²) in [7, 11) is 1.79. The van der Waals surface area contributed by atoms with Crippen LogP contribution in [0.5, 0.6) is 0 Å². The first-order chi connectivity index (χ1) is 10.6. The molecule has 1 unspecified atom stereocenters. The molecule has 0 saturated heterocycles. The number of para-hydroxylation sites is 1. The Kier molecular flexibility index (Phi) is 6.28. The third-order valence-electron chi connectivity index (χ3n) is 3.39. The van der Waals surface area contributed by atoms with Gasteiger partial charge in [0.1, 0.15) is 6.07 Å². The monoisotopic (exact) mass is 317 g/mol. The fourth-order valence-corrected chi connectivity index (χ4v) is 2.02. The number of rotatable bonds is 5. The summed E-state index contributed by atoms with van der Waals surface area (Å²) in [6, 6.07) is 8.45. The zero-order chi connectivity index (χ0) is 17.6. The van der Waals surface area contributed by atoms with Crippen LogP contribution >= 0.6 is 0 Å². The Hall–Kier alpha value is -2.39. The first-order valence-corrected chi connectivity index (χ1v) is 7.57. The lowest BCUT2D eigenvalue weighted by Crippen LogP contribution is -3.15. The number of nitrogens with one attached hydrogen (secondary N) is 3. The van der Waals surface area contributed by atoms with E-state index in [4.69, 9.17) is 5.26 Å². The van der Waals surface area contributed by atoms with E-state index in [1.54, 1.807) is 38.2 Å². The molecule has 0 fully saturated rings. The molecule has 0 aliphatic carbocycles. The van der Waals surface area contributed by atoms with E-state index in [1.807, 2.05) is 26.8 Å². The maximum Gasteiger partial charge on any atom is 0.282 e. The number of carbonyl (C=O) groups excluding carboxylic acids is 2. The second kappa shape index (κ2) is 7.75. The largest absolute Gasteiger partial charge is 0.347 e. The maximum atomic E-state index is 12.3. The summed E-state index contributed by atoms with van der Waals surface area (Å²) in [6.45, 7) is 7.69. The van der Waals surface area contributed by atoms with Gasteiger partial charge in [0.2, 0.25) is 0 Å². The van der Waals surface area contributed by atoms with E-state index >= 15 is 0 Å². The van der Waals surface area contributed by atoms with Crippen molar-refractivity contribution in [1.29, 1.82) is 5.26 Å². The summed E-state index contributed by atoms with van der Waals surface area (Å²) in [5.74, 6) is -0.333. The highest BCUT2D eigenvalue weighted by Gasteiger charge is 2.25. The fourth-order valence-electron chi connectivity index (χ4n) is 2.02. The van der Waals surface area contributed by atoms with Crippen LogP contribution in [0.2, 0.25) is 0 Å². The average Bonchev–Trinajstić information content (AvgIpc) is 2.44. The minimum atomic E-state index is -0.424. The van der Waals surface area contributed by atoms with Crippen molar-refractivity contribution in [3.05, 3.63) is 29.8 Å². The number of likely N-dealkylation sites (N-methyl/N-ethyl adjacent to an activating group) is 1. The normalized spacial score (nSPS) is 13.6. The Morgan fingerprint density at radius 1 is 1.30 bits per heavy atom. The lowest BCUT2D eigenvalue weighted by Gasteiger charge is -2.24. The fraction of sp³-hybridized carbons (Fsp3) is 0.471. The van der Waals surface area contributed by atoms with E-state index in [0.29, 0.717) is 11.3 Å². The van der Waals surface area contributed by atoms with Gasteiger partial charge in [-0.1, -0.05) is 12.1 Å². The van der Waals surface area contributed by atoms with Gasteiger partial charge in [-0.3, -0.25) is 9.59 Å². The minimum absolute atomic E-state index is 0.105. The average molecular weight is 317 g/mol. The standard InChI is InChI=1S/C17H24N4O2/c1-12(21(5)11-15(22)20-17(2,3)4)16(23)19-14-9-7-6-8-13(14)10-18/h6-9,12H,11H2,1-5H3,(H,19,23)(H,20,22)/p+1/t12-/m0/s1. The van der Waals surface area contributed by atoms with Crippen molar-refractivity contribution in [3.63, 3.8) is 0 Å². The molecule has 2 atom stereocenters. The molecule has 1 aromatic carbocycles. The molecule has 1 rings (SSSR count). The van der Waals surface area contributed by atoms with Crippen LogP contribution < -0.4 is 15.5 Å². The first kappa shape index (κ1) is 18.7. The predicted molar refractivity (Wildman–Crippen MR) is 88.9 cm³/mol. The summed E-state index contributed by atoms with van der Waals surface area (Å²) in [5.41, 5.74) is 0.601. The number of benzene rings is 1. The third-order valence-corrected chi connectivity index (χ3v) is 3.39. The second-order valence-electron chi connectivity index (χ2n) is 6.69. The summed E-state index contributed by atoms with van der Waals surface area (Å²) < 4.78 is 0. The lowest BCUT2D eigenvalue weighted by molar-refractivity contribution is -0.885. The Morgan fingerprint density at radius 2 is 1.91 bits per heavy atom. The molecule has 0 spiro atoms. The summed E-state index contributed by atoms with van der Waals surface area (Å²) in [5, 5.41) is 14.7. The number of hydrogen-bond donors (Lipinski definition) is 3. The number of amides is 2. The number of quaternary nitrogens is 1. The van der Waals surface area contributed by atoms with E-state index in [0.717, 1.165) is 4.90 Å². The lowest BCUT2D eigenvalue weighted by atomic mass is 10.1. The van der Waals surface area contributed by atoms with Crippen molar-refractivity contribution in [2.24, 2.45) is 0 Å². The summed E-state index contributed by atoms with van der Waals surface area (Å²) in [6.07, 6.45) is 0. The van der Waals surface area contributed by atoms with Gasteiger partial charge in [0.25, 0.3) is 11.8 Å². The van der Waals surface area contributed by atoms with Crippen molar-refractivity contribution in [2.75, 3.05) is 18.9 Å². The molecule has 1 aromatic rings. The molecule has 6 heteroatoms. The van der Waals surface area contributed by atoms with Crippen LogP contribution in [0, 0.1) is 11.3 Å². The number of anilines is 1. The van der Waals surface area contributed by atoms with Crippen molar-refractivity contribution >= 4 is 17.5 Å². The number of carbonyl (C=O) groups is 2. The topological polar surface area (TPSA) is 86.4 Å². The molecule has 124 valence electrons. The van der Waals surface area contributed by atoms with Gasteiger partial charge < -0.3 is 15.5 Å². The van der Waals surface area contributed by atoms with Gasteiger partial charge in [0.05, 0.1) is 18.3 Å². The van der Waals surface area contributed by atoms with Gasteiger partial charge in [-0.05, 0) is 39.8 Å². The highest BCUT2D eigenvalue weighted by atomic mass is 16.2. The van der Waals surface area contributed by atoms with Gasteiger partial charge in [-0.2, -0.15) is 5.26 Å². The number of nitriles is 1. The van der Waals surface area contributed by atoms with Crippen molar-refractivity contribution in [1.82, 2.24) is 5.32 Å². The van der Waals surface area contributed by atoms with Crippen LogP contribution in [0.3, 0.4) is 0 Å². The smallest absolute Gasteiger partial charge is 0.282 e. The van der Waals surface area contributed by atoms with Gasteiger partial charge in [0, 0.05) is 5.54 Å². The van der Waals surface area contributed by atoms with Crippen LogP contribution in [-0.2, 0) is 9.59 Å². The molecule has 0 aliphatic rings. The Bertz CT molecular complexity index is 614. The van der Waals surface area contributed by atoms with Crippen molar-refractivity contribution in [3.8, 4) is 6.07 Å². The molecule has 0 bridgehead atoms. The molecular weight excluding hydrogens is 292 g/mol. The number of nitrogens with zero attached hydrogens (tertiary/aromatic N) is 1. The molecule has 23 heavy (non-hydrogen) atoms. The highest BCUT2D eigenvalue weighted by molar-refractivity contribution is 5.94. The Balaban J connectivity index is 2.66. The van der Waals surface area contributed by atoms with Crippen LogP contribution in [0.1, 0.15) is 33.3 Å². The van der Waals surface area contributed by atoms with Crippen molar-refractivity contribution < 1.29 is 14.5 Å². The maximum absolute atomic E-state index is 12.3. The molecule has 0 radical (unpaired) electrons. The molecule has 6 nitrogen and oxygen atoms in total. The molecule has 0 saturated carbocycles. The van der Waals surface area contributed by atoms with Gasteiger partial charge in [-0.25, -0.2) is 0 Å². The van der Waals surface area contributed by atoms with Crippen LogP contribution in [0.25, 0.3) is 0 Å². The van der Waals surface area contributed by atoms with Gasteiger partial charge >= 0.3 is 0 Å².